The third kappa shape index (κ3) is 3.42. The van der Waals surface area contributed by atoms with Crippen LogP contribution in [0.4, 0.5) is 5.69 Å². The van der Waals surface area contributed by atoms with Crippen LogP contribution in [0.3, 0.4) is 0 Å². The highest BCUT2D eigenvalue weighted by atomic mass is 16.5. The molecule has 0 spiro atoms. The number of esters is 1. The van der Waals surface area contributed by atoms with Crippen molar-refractivity contribution in [2.45, 2.75) is 32.3 Å². The van der Waals surface area contributed by atoms with Gasteiger partial charge in [0.1, 0.15) is 5.75 Å². The van der Waals surface area contributed by atoms with Gasteiger partial charge in [0.25, 0.3) is 0 Å². The van der Waals surface area contributed by atoms with E-state index in [4.69, 9.17) is 15.2 Å². The second kappa shape index (κ2) is 6.61. The summed E-state index contributed by atoms with van der Waals surface area (Å²) in [4.78, 5) is 11.7. The molecule has 20 heavy (non-hydrogen) atoms. The van der Waals surface area contributed by atoms with E-state index < -0.39 is 6.10 Å². The number of hydrogen-bond acceptors (Lipinski definition) is 5. The van der Waals surface area contributed by atoms with Gasteiger partial charge in [-0.2, -0.15) is 0 Å². The number of unbranched alkanes of at least 4 members (excludes halogenated alkanes) is 1. The second-order valence-electron chi connectivity index (χ2n) is 5.09. The van der Waals surface area contributed by atoms with Crippen LogP contribution in [0, 0.1) is 5.92 Å². The van der Waals surface area contributed by atoms with Gasteiger partial charge in [0.15, 0.2) is 0 Å². The smallest absolute Gasteiger partial charge is 0.306 e. The van der Waals surface area contributed by atoms with Gasteiger partial charge in [0.2, 0.25) is 0 Å². The Kier molecular flexibility index (Phi) is 4.84. The molecule has 0 aliphatic carbocycles. The summed E-state index contributed by atoms with van der Waals surface area (Å²) in [6, 6.07) is 5.16. The van der Waals surface area contributed by atoms with E-state index in [0.29, 0.717) is 30.2 Å². The van der Waals surface area contributed by atoms with E-state index in [-0.39, 0.29) is 18.3 Å². The van der Waals surface area contributed by atoms with Crippen LogP contribution >= 0.6 is 0 Å². The minimum Gasteiger partial charge on any atom is -0.493 e. The molecule has 1 aromatic rings. The van der Waals surface area contributed by atoms with Gasteiger partial charge >= 0.3 is 5.97 Å². The number of carbonyl (C=O) groups is 1. The molecule has 2 rings (SSSR count). The van der Waals surface area contributed by atoms with Gasteiger partial charge in [-0.3, -0.25) is 4.79 Å². The molecule has 2 unspecified atom stereocenters. The SMILES string of the molecule is CCCCOC(=O)CC1COc2ccc(N)cc2C1O. The minimum atomic E-state index is -0.749. The highest BCUT2D eigenvalue weighted by Crippen LogP contribution is 2.37. The fourth-order valence-corrected chi connectivity index (χ4v) is 2.25. The van der Waals surface area contributed by atoms with E-state index in [2.05, 4.69) is 0 Å². The van der Waals surface area contributed by atoms with Crippen LogP contribution in [0.2, 0.25) is 0 Å². The van der Waals surface area contributed by atoms with Crippen molar-refractivity contribution >= 4 is 11.7 Å². The molecule has 1 aromatic carbocycles. The summed E-state index contributed by atoms with van der Waals surface area (Å²) >= 11 is 0. The lowest BCUT2D eigenvalue weighted by Crippen LogP contribution is -2.28. The average Bonchev–Trinajstić information content (AvgIpc) is 2.43. The monoisotopic (exact) mass is 279 g/mol. The van der Waals surface area contributed by atoms with Crippen molar-refractivity contribution in [2.24, 2.45) is 5.92 Å². The van der Waals surface area contributed by atoms with Gasteiger partial charge in [-0.05, 0) is 24.6 Å². The number of ether oxygens (including phenoxy) is 2. The number of nitrogen functional groups attached to an aromatic ring is 1. The zero-order chi connectivity index (χ0) is 14.5. The molecule has 0 aromatic heterocycles. The maximum atomic E-state index is 11.7. The Bertz CT molecular complexity index is 475. The Labute approximate surface area is 118 Å². The molecule has 2 atom stereocenters. The van der Waals surface area contributed by atoms with Crippen LogP contribution in [0.25, 0.3) is 0 Å². The predicted octanol–water partition coefficient (Wildman–Crippen LogP) is 2.04. The first-order chi connectivity index (χ1) is 9.61. The first kappa shape index (κ1) is 14.7. The number of nitrogens with two attached hydrogens (primary N) is 1. The normalized spacial score (nSPS) is 20.9. The van der Waals surface area contributed by atoms with Crippen LogP contribution in [-0.2, 0) is 9.53 Å². The number of rotatable bonds is 5. The molecular formula is C15H21NO4. The fraction of sp³-hybridized carbons (Fsp3) is 0.533. The number of anilines is 1. The lowest BCUT2D eigenvalue weighted by molar-refractivity contribution is -0.146. The van der Waals surface area contributed by atoms with Crippen LogP contribution in [-0.4, -0.2) is 24.3 Å². The zero-order valence-corrected chi connectivity index (χ0v) is 11.7. The molecular weight excluding hydrogens is 258 g/mol. The molecule has 5 nitrogen and oxygen atoms in total. The van der Waals surface area contributed by atoms with Gasteiger partial charge in [-0.25, -0.2) is 0 Å². The van der Waals surface area contributed by atoms with Crippen molar-refractivity contribution in [1.82, 2.24) is 0 Å². The number of aliphatic hydroxyl groups excluding tert-OH is 1. The summed E-state index contributed by atoms with van der Waals surface area (Å²) in [7, 11) is 0. The van der Waals surface area contributed by atoms with Crippen molar-refractivity contribution in [3.8, 4) is 5.75 Å². The van der Waals surface area contributed by atoms with Gasteiger partial charge in [0.05, 0.1) is 25.7 Å². The molecule has 0 radical (unpaired) electrons. The van der Waals surface area contributed by atoms with Crippen LogP contribution in [0.5, 0.6) is 5.75 Å². The summed E-state index contributed by atoms with van der Waals surface area (Å²) in [5, 5.41) is 10.3. The Morgan fingerprint density at radius 1 is 1.55 bits per heavy atom. The summed E-state index contributed by atoms with van der Waals surface area (Å²) in [5.41, 5.74) is 6.92. The Morgan fingerprint density at radius 2 is 2.35 bits per heavy atom. The third-order valence-corrected chi connectivity index (χ3v) is 3.44. The fourth-order valence-electron chi connectivity index (χ4n) is 2.25. The lowest BCUT2D eigenvalue weighted by Gasteiger charge is -2.29. The molecule has 110 valence electrons. The van der Waals surface area contributed by atoms with Gasteiger partial charge in [-0.15, -0.1) is 0 Å². The highest BCUT2D eigenvalue weighted by Gasteiger charge is 2.31. The summed E-state index contributed by atoms with van der Waals surface area (Å²) in [6.07, 6.45) is 1.24. The Balaban J connectivity index is 1.96. The summed E-state index contributed by atoms with van der Waals surface area (Å²) in [6.45, 7) is 2.78. The Hall–Kier alpha value is -1.75. The minimum absolute atomic E-state index is 0.152. The van der Waals surface area contributed by atoms with Gasteiger partial charge in [-0.1, -0.05) is 13.3 Å². The topological polar surface area (TPSA) is 81.8 Å². The van der Waals surface area contributed by atoms with E-state index in [9.17, 15) is 9.90 Å². The Morgan fingerprint density at radius 3 is 3.10 bits per heavy atom. The number of hydrogen-bond donors (Lipinski definition) is 2. The van der Waals surface area contributed by atoms with E-state index in [1.807, 2.05) is 6.92 Å². The second-order valence-corrected chi connectivity index (χ2v) is 5.09. The largest absolute Gasteiger partial charge is 0.493 e. The summed E-state index contributed by atoms with van der Waals surface area (Å²) in [5.74, 6) is 0.0409. The first-order valence-electron chi connectivity index (χ1n) is 6.97. The molecule has 0 fully saturated rings. The summed E-state index contributed by atoms with van der Waals surface area (Å²) < 4.78 is 10.7. The van der Waals surface area contributed by atoms with Crippen molar-refractivity contribution in [2.75, 3.05) is 18.9 Å². The quantitative estimate of drug-likeness (QED) is 0.489. The number of aliphatic hydroxyl groups is 1. The molecule has 0 bridgehead atoms. The molecule has 0 saturated carbocycles. The number of benzene rings is 1. The maximum absolute atomic E-state index is 11.7. The lowest BCUT2D eigenvalue weighted by atomic mass is 9.90. The zero-order valence-electron chi connectivity index (χ0n) is 11.7. The molecule has 5 heteroatoms. The first-order valence-corrected chi connectivity index (χ1v) is 6.97. The average molecular weight is 279 g/mol. The molecule has 1 aliphatic rings. The van der Waals surface area contributed by atoms with Crippen LogP contribution in [0.15, 0.2) is 18.2 Å². The highest BCUT2D eigenvalue weighted by molar-refractivity contribution is 5.70. The molecule has 0 amide bonds. The van der Waals surface area contributed by atoms with Crippen molar-refractivity contribution in [1.29, 1.82) is 0 Å². The van der Waals surface area contributed by atoms with E-state index in [1.165, 1.54) is 0 Å². The standard InChI is InChI=1S/C15H21NO4/c1-2-3-6-19-14(17)7-10-9-20-13-5-4-11(16)8-12(13)15(10)18/h4-5,8,10,15,18H,2-3,6-7,9,16H2,1H3. The number of fused-ring (bicyclic) bond motifs is 1. The number of carbonyl (C=O) groups excluding carboxylic acids is 1. The molecule has 1 heterocycles. The molecule has 0 saturated heterocycles. The molecule has 1 aliphatic heterocycles. The van der Waals surface area contributed by atoms with Crippen LogP contribution < -0.4 is 10.5 Å². The van der Waals surface area contributed by atoms with E-state index >= 15 is 0 Å². The van der Waals surface area contributed by atoms with E-state index in [1.54, 1.807) is 18.2 Å². The van der Waals surface area contributed by atoms with E-state index in [0.717, 1.165) is 12.8 Å². The third-order valence-electron chi connectivity index (χ3n) is 3.44. The van der Waals surface area contributed by atoms with Gasteiger partial charge < -0.3 is 20.3 Å². The predicted molar refractivity (Wildman–Crippen MR) is 75.3 cm³/mol. The molecule has 3 N–H and O–H groups in total. The van der Waals surface area contributed by atoms with Gasteiger partial charge in [0, 0.05) is 17.2 Å². The maximum Gasteiger partial charge on any atom is 0.306 e. The van der Waals surface area contributed by atoms with Crippen molar-refractivity contribution in [3.05, 3.63) is 23.8 Å². The van der Waals surface area contributed by atoms with Crippen LogP contribution in [0.1, 0.15) is 37.9 Å². The van der Waals surface area contributed by atoms with Crippen molar-refractivity contribution < 1.29 is 19.4 Å². The van der Waals surface area contributed by atoms with Crippen molar-refractivity contribution in [3.63, 3.8) is 0 Å².